The van der Waals surface area contributed by atoms with E-state index in [1.807, 2.05) is 50.2 Å². The Morgan fingerprint density at radius 3 is 2.31 bits per heavy atom. The largest absolute Gasteiger partial charge is 0.497 e. The monoisotopic (exact) mass is 356 g/mol. The molecule has 7 heteroatoms. The number of hydrogen-bond donors (Lipinski definition) is 2. The van der Waals surface area contributed by atoms with E-state index in [0.717, 1.165) is 17.1 Å². The molecule has 2 aromatic rings. The van der Waals surface area contributed by atoms with Gasteiger partial charge in [-0.3, -0.25) is 9.59 Å². The summed E-state index contributed by atoms with van der Waals surface area (Å²) in [4.78, 5) is 30.4. The van der Waals surface area contributed by atoms with Gasteiger partial charge in [0.15, 0.2) is 0 Å². The molecule has 2 amide bonds. The highest BCUT2D eigenvalue weighted by Crippen LogP contribution is 2.20. The van der Waals surface area contributed by atoms with Crippen LogP contribution in [0.5, 0.6) is 5.75 Å². The zero-order chi connectivity index (χ0) is 19.1. The molecule has 0 radical (unpaired) electrons. The molecule has 0 aliphatic carbocycles. The second kappa shape index (κ2) is 8.84. The smallest absolute Gasteiger partial charge is 0.313 e. The van der Waals surface area contributed by atoms with Crippen LogP contribution in [0.25, 0.3) is 0 Å². The molecule has 0 unspecified atom stereocenters. The molecule has 1 aromatic carbocycles. The maximum Gasteiger partial charge on any atom is 0.313 e. The highest BCUT2D eigenvalue weighted by molar-refractivity contribution is 6.39. The fourth-order valence-electron chi connectivity index (χ4n) is 2.39. The van der Waals surface area contributed by atoms with Gasteiger partial charge >= 0.3 is 11.8 Å². The fourth-order valence-corrected chi connectivity index (χ4v) is 2.39. The topological polar surface area (TPSA) is 83.6 Å². The standard InChI is InChI=1S/C19H24N4O3/c1-5-16(13-6-9-15(26-4)10-7-13)22-19(25)18(24)21-14-8-11-17(20-12-14)23(2)3/h6-12,16H,5H2,1-4H3,(H,21,24)(H,22,25)/t16-/m0/s1. The summed E-state index contributed by atoms with van der Waals surface area (Å²) in [6, 6.07) is 10.6. The van der Waals surface area contributed by atoms with Crippen LogP contribution in [0.4, 0.5) is 11.5 Å². The van der Waals surface area contributed by atoms with Crippen molar-refractivity contribution >= 4 is 23.3 Å². The lowest BCUT2D eigenvalue weighted by atomic mass is 10.0. The van der Waals surface area contributed by atoms with Crippen LogP contribution in [-0.4, -0.2) is 38.0 Å². The second-order valence-corrected chi connectivity index (χ2v) is 5.96. The second-order valence-electron chi connectivity index (χ2n) is 5.96. The lowest BCUT2D eigenvalue weighted by Gasteiger charge is -2.17. The van der Waals surface area contributed by atoms with Crippen molar-refractivity contribution in [3.8, 4) is 5.75 Å². The van der Waals surface area contributed by atoms with Crippen molar-refractivity contribution in [2.24, 2.45) is 0 Å². The van der Waals surface area contributed by atoms with E-state index in [0.29, 0.717) is 12.1 Å². The molecule has 7 nitrogen and oxygen atoms in total. The maximum atomic E-state index is 12.2. The van der Waals surface area contributed by atoms with Crippen LogP contribution in [0.1, 0.15) is 24.9 Å². The van der Waals surface area contributed by atoms with Gasteiger partial charge < -0.3 is 20.3 Å². The van der Waals surface area contributed by atoms with Gasteiger partial charge in [-0.1, -0.05) is 19.1 Å². The van der Waals surface area contributed by atoms with E-state index in [9.17, 15) is 9.59 Å². The number of ether oxygens (including phenoxy) is 1. The summed E-state index contributed by atoms with van der Waals surface area (Å²) in [6.45, 7) is 1.94. The molecule has 1 heterocycles. The lowest BCUT2D eigenvalue weighted by molar-refractivity contribution is -0.136. The van der Waals surface area contributed by atoms with Crippen LogP contribution in [0.3, 0.4) is 0 Å². The van der Waals surface area contributed by atoms with Gasteiger partial charge in [-0.15, -0.1) is 0 Å². The minimum absolute atomic E-state index is 0.256. The van der Waals surface area contributed by atoms with E-state index in [-0.39, 0.29) is 6.04 Å². The average molecular weight is 356 g/mol. The summed E-state index contributed by atoms with van der Waals surface area (Å²) in [5, 5.41) is 5.30. The first-order valence-electron chi connectivity index (χ1n) is 8.33. The van der Waals surface area contributed by atoms with Gasteiger partial charge in [0.25, 0.3) is 0 Å². The van der Waals surface area contributed by atoms with Gasteiger partial charge in [0.2, 0.25) is 0 Å². The van der Waals surface area contributed by atoms with Gasteiger partial charge in [0.05, 0.1) is 25.0 Å². The zero-order valence-electron chi connectivity index (χ0n) is 15.4. The lowest BCUT2D eigenvalue weighted by Crippen LogP contribution is -2.37. The number of amides is 2. The Morgan fingerprint density at radius 1 is 1.12 bits per heavy atom. The molecule has 2 N–H and O–H groups in total. The van der Waals surface area contributed by atoms with Crippen molar-refractivity contribution in [2.75, 3.05) is 31.4 Å². The molecule has 0 fully saturated rings. The molecule has 0 bridgehead atoms. The number of benzene rings is 1. The average Bonchev–Trinajstić information content (AvgIpc) is 2.66. The highest BCUT2D eigenvalue weighted by atomic mass is 16.5. The number of nitrogens with zero attached hydrogens (tertiary/aromatic N) is 2. The molecule has 2 rings (SSSR count). The van der Waals surface area contributed by atoms with Gasteiger partial charge in [-0.05, 0) is 36.2 Å². The SMILES string of the molecule is CC[C@H](NC(=O)C(=O)Nc1ccc(N(C)C)nc1)c1ccc(OC)cc1. The van der Waals surface area contributed by atoms with E-state index >= 15 is 0 Å². The predicted molar refractivity (Wildman–Crippen MR) is 101 cm³/mol. The first kappa shape index (κ1) is 19.2. The van der Waals surface area contributed by atoms with Crippen LogP contribution in [0, 0.1) is 0 Å². The number of pyridine rings is 1. The Morgan fingerprint density at radius 2 is 1.81 bits per heavy atom. The summed E-state index contributed by atoms with van der Waals surface area (Å²) in [5.41, 5.74) is 1.37. The molecule has 1 atom stereocenters. The maximum absolute atomic E-state index is 12.2. The number of hydrogen-bond acceptors (Lipinski definition) is 5. The van der Waals surface area contributed by atoms with Gasteiger partial charge in [0.1, 0.15) is 11.6 Å². The summed E-state index contributed by atoms with van der Waals surface area (Å²) < 4.78 is 5.13. The number of methoxy groups -OCH3 is 1. The first-order chi connectivity index (χ1) is 12.4. The molecular weight excluding hydrogens is 332 g/mol. The third kappa shape index (κ3) is 4.95. The number of carbonyl (C=O) groups is 2. The molecule has 0 saturated heterocycles. The van der Waals surface area contributed by atoms with Gasteiger partial charge in [-0.2, -0.15) is 0 Å². The number of nitrogens with one attached hydrogen (secondary N) is 2. The van der Waals surface area contributed by atoms with Crippen molar-refractivity contribution in [1.82, 2.24) is 10.3 Å². The predicted octanol–water partition coefficient (Wildman–Crippen LogP) is 2.36. The van der Waals surface area contributed by atoms with Crippen molar-refractivity contribution in [1.29, 1.82) is 0 Å². The fraction of sp³-hybridized carbons (Fsp3) is 0.316. The Bertz CT molecular complexity index is 742. The molecule has 0 aliphatic heterocycles. The number of rotatable bonds is 6. The quantitative estimate of drug-likeness (QED) is 0.777. The zero-order valence-corrected chi connectivity index (χ0v) is 15.4. The van der Waals surface area contributed by atoms with Crippen molar-refractivity contribution < 1.29 is 14.3 Å². The number of aromatic nitrogens is 1. The molecule has 138 valence electrons. The first-order valence-corrected chi connectivity index (χ1v) is 8.33. The van der Waals surface area contributed by atoms with Crippen LogP contribution in [0.15, 0.2) is 42.6 Å². The van der Waals surface area contributed by atoms with Crippen LogP contribution in [0.2, 0.25) is 0 Å². The van der Waals surface area contributed by atoms with Crippen LogP contribution < -0.4 is 20.3 Å². The third-order valence-corrected chi connectivity index (χ3v) is 3.90. The van der Waals surface area contributed by atoms with Crippen molar-refractivity contribution in [2.45, 2.75) is 19.4 Å². The van der Waals surface area contributed by atoms with E-state index in [1.54, 1.807) is 19.2 Å². The Kier molecular flexibility index (Phi) is 6.54. The Balaban J connectivity index is 1.98. The summed E-state index contributed by atoms with van der Waals surface area (Å²) in [6.07, 6.45) is 2.17. The molecule has 26 heavy (non-hydrogen) atoms. The minimum atomic E-state index is -0.726. The van der Waals surface area contributed by atoms with Crippen molar-refractivity contribution in [3.05, 3.63) is 48.2 Å². The van der Waals surface area contributed by atoms with Gasteiger partial charge in [0, 0.05) is 14.1 Å². The normalized spacial score (nSPS) is 11.4. The summed E-state index contributed by atoms with van der Waals surface area (Å²) in [7, 11) is 5.34. The van der Waals surface area contributed by atoms with E-state index in [2.05, 4.69) is 15.6 Å². The molecule has 0 aliphatic rings. The minimum Gasteiger partial charge on any atom is -0.497 e. The van der Waals surface area contributed by atoms with E-state index in [4.69, 9.17) is 4.74 Å². The summed E-state index contributed by atoms with van der Waals surface area (Å²) >= 11 is 0. The molecule has 1 aromatic heterocycles. The number of anilines is 2. The number of carbonyl (C=O) groups excluding carboxylic acids is 2. The van der Waals surface area contributed by atoms with Crippen LogP contribution in [-0.2, 0) is 9.59 Å². The Hall–Kier alpha value is -3.09. The van der Waals surface area contributed by atoms with E-state index < -0.39 is 11.8 Å². The van der Waals surface area contributed by atoms with Crippen molar-refractivity contribution in [3.63, 3.8) is 0 Å². The van der Waals surface area contributed by atoms with Crippen LogP contribution >= 0.6 is 0 Å². The highest BCUT2D eigenvalue weighted by Gasteiger charge is 2.19. The molecule has 0 spiro atoms. The molecular formula is C19H24N4O3. The Labute approximate surface area is 153 Å². The third-order valence-electron chi connectivity index (χ3n) is 3.90. The molecule has 0 saturated carbocycles. The van der Waals surface area contributed by atoms with Gasteiger partial charge in [-0.25, -0.2) is 4.98 Å². The summed E-state index contributed by atoms with van der Waals surface area (Å²) in [5.74, 6) is 0.0834. The van der Waals surface area contributed by atoms with E-state index in [1.165, 1.54) is 6.20 Å².